The van der Waals surface area contributed by atoms with Crippen molar-refractivity contribution in [2.75, 3.05) is 5.32 Å². The van der Waals surface area contributed by atoms with Crippen molar-refractivity contribution in [1.29, 1.82) is 0 Å². The molecule has 124 valence electrons. The largest absolute Gasteiger partial charge is 0.297 e. The minimum absolute atomic E-state index is 0.113. The third-order valence-corrected chi connectivity index (χ3v) is 5.21. The number of hydrogen-bond acceptors (Lipinski definition) is 6. The van der Waals surface area contributed by atoms with Crippen LogP contribution in [0.3, 0.4) is 0 Å². The highest BCUT2D eigenvalue weighted by Gasteiger charge is 2.19. The molecule has 1 aliphatic carbocycles. The Hall–Kier alpha value is -2.35. The number of carbonyl (C=O) groups is 1. The fraction of sp³-hybridized carbons (Fsp3) is 0.438. The van der Waals surface area contributed by atoms with Crippen molar-refractivity contribution < 1.29 is 4.79 Å². The molecule has 24 heavy (non-hydrogen) atoms. The van der Waals surface area contributed by atoms with E-state index in [9.17, 15) is 4.79 Å². The standard InChI is InChI=1S/C16H18N6OS/c1-9-8-10(2)22-15(17-9)19-13(21-22)14(23)20-16-18-11-6-4-3-5-7-12(11)24-16/h8H,3-7H2,1-2H3,(H,18,20,23). The Bertz CT molecular complexity index is 905. The zero-order valence-corrected chi connectivity index (χ0v) is 14.5. The molecule has 3 heterocycles. The van der Waals surface area contributed by atoms with E-state index in [1.165, 1.54) is 24.1 Å². The molecule has 3 aromatic heterocycles. The monoisotopic (exact) mass is 342 g/mol. The highest BCUT2D eigenvalue weighted by atomic mass is 32.1. The number of fused-ring (bicyclic) bond motifs is 2. The lowest BCUT2D eigenvalue weighted by Crippen LogP contribution is -2.14. The lowest BCUT2D eigenvalue weighted by Gasteiger charge is -1.97. The summed E-state index contributed by atoms with van der Waals surface area (Å²) in [5.74, 6) is 0.204. The van der Waals surface area contributed by atoms with E-state index in [-0.39, 0.29) is 11.7 Å². The van der Waals surface area contributed by atoms with E-state index in [2.05, 4.69) is 25.4 Å². The Kier molecular flexibility index (Phi) is 3.76. The highest BCUT2D eigenvalue weighted by molar-refractivity contribution is 7.15. The summed E-state index contributed by atoms with van der Waals surface area (Å²) in [6.45, 7) is 3.81. The molecule has 3 aromatic rings. The molecule has 0 bridgehead atoms. The van der Waals surface area contributed by atoms with Gasteiger partial charge in [0.15, 0.2) is 5.13 Å². The number of amides is 1. The average molecular weight is 342 g/mol. The summed E-state index contributed by atoms with van der Waals surface area (Å²) in [5, 5.41) is 7.72. The Labute approximate surface area is 143 Å². The molecule has 0 spiro atoms. The molecule has 0 aromatic carbocycles. The number of aromatic nitrogens is 5. The molecular weight excluding hydrogens is 324 g/mol. The number of hydrogen-bond donors (Lipinski definition) is 1. The van der Waals surface area contributed by atoms with Crippen LogP contribution in [0, 0.1) is 13.8 Å². The third-order valence-electron chi connectivity index (χ3n) is 4.14. The van der Waals surface area contributed by atoms with Crippen LogP contribution < -0.4 is 5.32 Å². The maximum Gasteiger partial charge on any atom is 0.297 e. The van der Waals surface area contributed by atoms with Crippen LogP contribution in [0.1, 0.15) is 51.8 Å². The minimum atomic E-state index is -0.346. The second kappa shape index (κ2) is 5.94. The number of nitrogens with one attached hydrogen (secondary N) is 1. The molecule has 1 aliphatic rings. The Morgan fingerprint density at radius 2 is 2.00 bits per heavy atom. The quantitative estimate of drug-likeness (QED) is 0.724. The molecule has 0 fully saturated rings. The third kappa shape index (κ3) is 2.77. The van der Waals surface area contributed by atoms with Crippen LogP contribution in [0.4, 0.5) is 5.13 Å². The number of anilines is 1. The van der Waals surface area contributed by atoms with Crippen LogP contribution in [0.25, 0.3) is 5.78 Å². The molecule has 4 rings (SSSR count). The summed E-state index contributed by atoms with van der Waals surface area (Å²) in [6.07, 6.45) is 5.67. The van der Waals surface area contributed by atoms with Gasteiger partial charge in [-0.15, -0.1) is 16.4 Å². The number of thiazole rings is 1. The maximum atomic E-state index is 12.5. The van der Waals surface area contributed by atoms with Gasteiger partial charge in [0.25, 0.3) is 11.7 Å². The molecular formula is C16H18N6OS. The summed E-state index contributed by atoms with van der Waals surface area (Å²) in [5.41, 5.74) is 2.87. The molecule has 1 amide bonds. The van der Waals surface area contributed by atoms with Crippen molar-refractivity contribution in [3.8, 4) is 0 Å². The first-order valence-corrected chi connectivity index (χ1v) is 8.93. The summed E-state index contributed by atoms with van der Waals surface area (Å²) in [4.78, 5) is 26.9. The van der Waals surface area contributed by atoms with E-state index < -0.39 is 0 Å². The summed E-state index contributed by atoms with van der Waals surface area (Å²) < 4.78 is 1.58. The van der Waals surface area contributed by atoms with Gasteiger partial charge in [-0.25, -0.2) is 14.5 Å². The van der Waals surface area contributed by atoms with Crippen LogP contribution in [-0.4, -0.2) is 30.5 Å². The first-order chi connectivity index (χ1) is 11.6. The van der Waals surface area contributed by atoms with Gasteiger partial charge >= 0.3 is 0 Å². The van der Waals surface area contributed by atoms with Crippen molar-refractivity contribution in [1.82, 2.24) is 24.6 Å². The van der Waals surface area contributed by atoms with E-state index in [0.717, 1.165) is 29.9 Å². The van der Waals surface area contributed by atoms with Gasteiger partial charge in [0.05, 0.1) is 5.69 Å². The normalized spacial score (nSPS) is 14.4. The van der Waals surface area contributed by atoms with Gasteiger partial charge in [0, 0.05) is 16.3 Å². The maximum absolute atomic E-state index is 12.5. The Morgan fingerprint density at radius 1 is 1.17 bits per heavy atom. The summed E-state index contributed by atoms with van der Waals surface area (Å²) in [7, 11) is 0. The van der Waals surface area contributed by atoms with Crippen molar-refractivity contribution in [2.45, 2.75) is 46.0 Å². The number of nitrogens with zero attached hydrogens (tertiary/aromatic N) is 5. The molecule has 8 heteroatoms. The van der Waals surface area contributed by atoms with Crippen LogP contribution in [0.2, 0.25) is 0 Å². The van der Waals surface area contributed by atoms with Crippen LogP contribution in [-0.2, 0) is 12.8 Å². The first kappa shape index (κ1) is 15.2. The first-order valence-electron chi connectivity index (χ1n) is 8.11. The fourth-order valence-corrected chi connectivity index (χ4v) is 4.04. The second-order valence-corrected chi connectivity index (χ2v) is 7.17. The lowest BCUT2D eigenvalue weighted by molar-refractivity contribution is 0.101. The van der Waals surface area contributed by atoms with Gasteiger partial charge < -0.3 is 0 Å². The van der Waals surface area contributed by atoms with Gasteiger partial charge in [0.2, 0.25) is 5.82 Å². The van der Waals surface area contributed by atoms with Crippen molar-refractivity contribution in [3.05, 3.63) is 33.8 Å². The summed E-state index contributed by atoms with van der Waals surface area (Å²) in [6, 6.07) is 1.90. The molecule has 0 aliphatic heterocycles. The van der Waals surface area contributed by atoms with Gasteiger partial charge in [-0.05, 0) is 45.6 Å². The van der Waals surface area contributed by atoms with E-state index >= 15 is 0 Å². The molecule has 1 N–H and O–H groups in total. The molecule has 0 atom stereocenters. The number of rotatable bonds is 2. The SMILES string of the molecule is Cc1cc(C)n2nc(C(=O)Nc3nc4c(s3)CCCCC4)nc2n1. The summed E-state index contributed by atoms with van der Waals surface area (Å²) >= 11 is 1.56. The van der Waals surface area contributed by atoms with Crippen LogP contribution in [0.15, 0.2) is 6.07 Å². The van der Waals surface area contributed by atoms with Crippen LogP contribution >= 0.6 is 11.3 Å². The number of aryl methyl sites for hydroxylation is 4. The highest BCUT2D eigenvalue weighted by Crippen LogP contribution is 2.29. The smallest absolute Gasteiger partial charge is 0.295 e. The van der Waals surface area contributed by atoms with E-state index in [1.54, 1.807) is 15.9 Å². The minimum Gasteiger partial charge on any atom is -0.295 e. The molecule has 7 nitrogen and oxygen atoms in total. The molecule has 0 unspecified atom stereocenters. The van der Waals surface area contributed by atoms with Crippen molar-refractivity contribution in [3.63, 3.8) is 0 Å². The fourth-order valence-electron chi connectivity index (χ4n) is 3.00. The van der Waals surface area contributed by atoms with Gasteiger partial charge in [-0.2, -0.15) is 4.98 Å². The van der Waals surface area contributed by atoms with Gasteiger partial charge in [-0.1, -0.05) is 6.42 Å². The lowest BCUT2D eigenvalue weighted by atomic mass is 10.2. The molecule has 0 saturated carbocycles. The van der Waals surface area contributed by atoms with Crippen molar-refractivity contribution in [2.24, 2.45) is 0 Å². The zero-order chi connectivity index (χ0) is 16.7. The van der Waals surface area contributed by atoms with Gasteiger partial charge in [-0.3, -0.25) is 10.1 Å². The Morgan fingerprint density at radius 3 is 2.88 bits per heavy atom. The predicted octanol–water partition coefficient (Wildman–Crippen LogP) is 2.72. The van der Waals surface area contributed by atoms with E-state index in [1.807, 2.05) is 19.9 Å². The molecule has 0 radical (unpaired) electrons. The van der Waals surface area contributed by atoms with Gasteiger partial charge in [0.1, 0.15) is 0 Å². The zero-order valence-electron chi connectivity index (χ0n) is 13.7. The van der Waals surface area contributed by atoms with Crippen molar-refractivity contribution >= 4 is 28.2 Å². The molecule has 0 saturated heterocycles. The van der Waals surface area contributed by atoms with E-state index in [0.29, 0.717) is 10.9 Å². The topological polar surface area (TPSA) is 85.1 Å². The Balaban J connectivity index is 1.59. The van der Waals surface area contributed by atoms with Crippen LogP contribution in [0.5, 0.6) is 0 Å². The number of carbonyl (C=O) groups excluding carboxylic acids is 1. The average Bonchev–Trinajstić information content (AvgIpc) is 3.06. The predicted molar refractivity (Wildman–Crippen MR) is 91.6 cm³/mol. The van der Waals surface area contributed by atoms with E-state index in [4.69, 9.17) is 0 Å². The second-order valence-electron chi connectivity index (χ2n) is 6.09.